The molecule has 3 aliphatic heterocycles. The average Bonchev–Trinajstić information content (AvgIpc) is 3.41. The highest BCUT2D eigenvalue weighted by Gasteiger charge is 2.39. The maximum Gasteiger partial charge on any atom is 0.256 e. The van der Waals surface area contributed by atoms with Crippen LogP contribution >= 0.6 is 23.2 Å². The van der Waals surface area contributed by atoms with E-state index in [1.807, 2.05) is 4.90 Å². The lowest BCUT2D eigenvalue weighted by atomic mass is 9.95. The van der Waals surface area contributed by atoms with Gasteiger partial charge in [0.15, 0.2) is 6.29 Å². The lowest BCUT2D eigenvalue weighted by Crippen LogP contribution is -2.50. The number of halogens is 2. The predicted molar refractivity (Wildman–Crippen MR) is 106 cm³/mol. The third-order valence-corrected chi connectivity index (χ3v) is 6.41. The molecule has 28 heavy (non-hydrogen) atoms. The van der Waals surface area contributed by atoms with E-state index in [0.29, 0.717) is 60.8 Å². The number of hydrogen-bond donors (Lipinski definition) is 0. The van der Waals surface area contributed by atoms with Gasteiger partial charge in [0.25, 0.3) is 5.91 Å². The Hall–Kier alpha value is -1.34. The zero-order valence-electron chi connectivity index (χ0n) is 15.6. The van der Waals surface area contributed by atoms with Crippen molar-refractivity contribution in [3.63, 3.8) is 0 Å². The van der Waals surface area contributed by atoms with E-state index in [-0.39, 0.29) is 18.1 Å². The van der Waals surface area contributed by atoms with E-state index in [2.05, 4.69) is 0 Å². The molecule has 0 saturated carbocycles. The molecule has 8 heteroatoms. The number of amides is 2. The lowest BCUT2D eigenvalue weighted by Gasteiger charge is -2.36. The highest BCUT2D eigenvalue weighted by atomic mass is 35.5. The average molecular weight is 427 g/mol. The number of ether oxygens (including phenoxy) is 2. The molecule has 6 nitrogen and oxygen atoms in total. The Morgan fingerprint density at radius 3 is 2.43 bits per heavy atom. The molecule has 1 aromatic carbocycles. The van der Waals surface area contributed by atoms with E-state index in [1.54, 1.807) is 23.1 Å². The third kappa shape index (κ3) is 4.01. The second-order valence-electron chi connectivity index (χ2n) is 7.55. The molecular formula is C20H24Cl2N2O4. The monoisotopic (exact) mass is 426 g/mol. The third-order valence-electron chi connectivity index (χ3n) is 5.84. The summed E-state index contributed by atoms with van der Waals surface area (Å²) in [5.74, 6) is 0.125. The quantitative estimate of drug-likeness (QED) is 0.744. The molecule has 152 valence electrons. The first kappa shape index (κ1) is 20.0. The Morgan fingerprint density at radius 1 is 1.00 bits per heavy atom. The summed E-state index contributed by atoms with van der Waals surface area (Å²) in [5, 5.41) is 0.804. The number of nitrogens with zero attached hydrogens (tertiary/aromatic N) is 2. The summed E-state index contributed by atoms with van der Waals surface area (Å²) in [6.45, 7) is 3.19. The van der Waals surface area contributed by atoms with Crippen molar-refractivity contribution in [3.8, 4) is 0 Å². The van der Waals surface area contributed by atoms with E-state index in [9.17, 15) is 9.59 Å². The van der Waals surface area contributed by atoms with Crippen molar-refractivity contribution in [2.45, 2.75) is 38.0 Å². The maximum atomic E-state index is 13.1. The molecule has 1 atom stereocenters. The Labute approximate surface area is 174 Å². The van der Waals surface area contributed by atoms with Crippen molar-refractivity contribution in [2.24, 2.45) is 5.92 Å². The van der Waals surface area contributed by atoms with Gasteiger partial charge in [-0.2, -0.15) is 0 Å². The van der Waals surface area contributed by atoms with Gasteiger partial charge >= 0.3 is 0 Å². The molecule has 3 saturated heterocycles. The Balaban J connectivity index is 1.41. The Bertz CT molecular complexity index is 746. The second-order valence-corrected chi connectivity index (χ2v) is 8.40. The molecular weight excluding hydrogens is 403 g/mol. The second kappa shape index (κ2) is 8.57. The zero-order valence-corrected chi connectivity index (χ0v) is 17.1. The number of carbonyl (C=O) groups excluding carboxylic acids is 2. The van der Waals surface area contributed by atoms with Gasteiger partial charge in [-0.3, -0.25) is 9.59 Å². The van der Waals surface area contributed by atoms with Gasteiger partial charge in [-0.25, -0.2) is 0 Å². The lowest BCUT2D eigenvalue weighted by molar-refractivity contribution is -0.140. The molecule has 4 rings (SSSR count). The molecule has 0 aliphatic carbocycles. The van der Waals surface area contributed by atoms with E-state index < -0.39 is 6.04 Å². The maximum absolute atomic E-state index is 13.1. The van der Waals surface area contributed by atoms with E-state index in [0.717, 1.165) is 19.3 Å². The standard InChI is InChI=1S/C20H24Cl2N2O4/c21-14-3-4-16(22)15(12-14)18(25)24-7-1-2-17(24)19(26)23-8-5-13(6-9-23)20-27-10-11-28-20/h3-4,12-13,17,20H,1-2,5-11H2/t17-/m1/s1. The Morgan fingerprint density at radius 2 is 1.71 bits per heavy atom. The van der Waals surface area contributed by atoms with Gasteiger partial charge in [0.1, 0.15) is 6.04 Å². The molecule has 0 unspecified atom stereocenters. The fraction of sp³-hybridized carbons (Fsp3) is 0.600. The van der Waals surface area contributed by atoms with Crippen LogP contribution in [0, 0.1) is 5.92 Å². The minimum absolute atomic E-state index is 0.0238. The zero-order chi connectivity index (χ0) is 19.7. The first-order valence-corrected chi connectivity index (χ1v) is 10.6. The van der Waals surface area contributed by atoms with Crippen LogP contribution in [0.3, 0.4) is 0 Å². The number of likely N-dealkylation sites (tertiary alicyclic amines) is 2. The molecule has 2 amide bonds. The summed E-state index contributed by atoms with van der Waals surface area (Å²) < 4.78 is 11.2. The van der Waals surface area contributed by atoms with Crippen LogP contribution in [-0.2, 0) is 14.3 Å². The van der Waals surface area contributed by atoms with Crippen molar-refractivity contribution in [3.05, 3.63) is 33.8 Å². The number of benzene rings is 1. The first-order valence-electron chi connectivity index (χ1n) is 9.82. The summed E-state index contributed by atoms with van der Waals surface area (Å²) in [6, 6.07) is 4.40. The fourth-order valence-electron chi connectivity index (χ4n) is 4.33. The number of hydrogen-bond acceptors (Lipinski definition) is 4. The predicted octanol–water partition coefficient (Wildman–Crippen LogP) is 3.21. The van der Waals surface area contributed by atoms with Gasteiger partial charge in [-0.15, -0.1) is 0 Å². The molecule has 1 aromatic rings. The summed E-state index contributed by atoms with van der Waals surface area (Å²) >= 11 is 12.2. The molecule has 0 radical (unpaired) electrons. The van der Waals surface area contributed by atoms with Crippen molar-refractivity contribution in [1.29, 1.82) is 0 Å². The summed E-state index contributed by atoms with van der Waals surface area (Å²) in [5.41, 5.74) is 0.350. The van der Waals surface area contributed by atoms with Crippen LogP contribution in [0.1, 0.15) is 36.0 Å². The van der Waals surface area contributed by atoms with Crippen LogP contribution in [0.25, 0.3) is 0 Å². The fourth-order valence-corrected chi connectivity index (χ4v) is 4.70. The van der Waals surface area contributed by atoms with Crippen molar-refractivity contribution >= 4 is 35.0 Å². The van der Waals surface area contributed by atoms with Crippen LogP contribution in [-0.4, -0.2) is 66.8 Å². The van der Waals surface area contributed by atoms with Gasteiger partial charge in [-0.05, 0) is 43.9 Å². The molecule has 0 bridgehead atoms. The van der Waals surface area contributed by atoms with Crippen molar-refractivity contribution < 1.29 is 19.1 Å². The van der Waals surface area contributed by atoms with Crippen LogP contribution in [0.2, 0.25) is 10.0 Å². The summed E-state index contributed by atoms with van der Waals surface area (Å²) in [4.78, 5) is 29.7. The topological polar surface area (TPSA) is 59.1 Å². The molecule has 3 fully saturated rings. The largest absolute Gasteiger partial charge is 0.350 e. The minimum Gasteiger partial charge on any atom is -0.350 e. The van der Waals surface area contributed by atoms with E-state index in [4.69, 9.17) is 32.7 Å². The summed E-state index contributed by atoms with van der Waals surface area (Å²) in [7, 11) is 0. The number of piperidine rings is 1. The molecule has 0 aromatic heterocycles. The Kier molecular flexibility index (Phi) is 6.11. The summed E-state index contributed by atoms with van der Waals surface area (Å²) in [6.07, 6.45) is 3.07. The van der Waals surface area contributed by atoms with Crippen LogP contribution in [0.15, 0.2) is 18.2 Å². The molecule has 3 heterocycles. The smallest absolute Gasteiger partial charge is 0.256 e. The highest BCUT2D eigenvalue weighted by Crippen LogP contribution is 2.30. The van der Waals surface area contributed by atoms with Gasteiger partial charge in [0, 0.05) is 30.6 Å². The van der Waals surface area contributed by atoms with Gasteiger partial charge < -0.3 is 19.3 Å². The van der Waals surface area contributed by atoms with Crippen LogP contribution < -0.4 is 0 Å². The minimum atomic E-state index is -0.432. The van der Waals surface area contributed by atoms with E-state index in [1.165, 1.54) is 0 Å². The molecule has 0 N–H and O–H groups in total. The van der Waals surface area contributed by atoms with Crippen molar-refractivity contribution in [2.75, 3.05) is 32.8 Å². The van der Waals surface area contributed by atoms with Gasteiger partial charge in [-0.1, -0.05) is 23.2 Å². The van der Waals surface area contributed by atoms with Crippen LogP contribution in [0.4, 0.5) is 0 Å². The molecule has 0 spiro atoms. The number of carbonyl (C=O) groups is 2. The highest BCUT2D eigenvalue weighted by molar-refractivity contribution is 6.35. The van der Waals surface area contributed by atoms with Gasteiger partial charge in [0.05, 0.1) is 23.8 Å². The van der Waals surface area contributed by atoms with E-state index >= 15 is 0 Å². The number of rotatable bonds is 3. The molecule has 3 aliphatic rings. The van der Waals surface area contributed by atoms with Crippen LogP contribution in [0.5, 0.6) is 0 Å². The van der Waals surface area contributed by atoms with Gasteiger partial charge in [0.2, 0.25) is 5.91 Å². The first-order chi connectivity index (χ1) is 13.5. The normalized spacial score (nSPS) is 24.1. The SMILES string of the molecule is O=C([C@H]1CCCN1C(=O)c1cc(Cl)ccc1Cl)N1CCC(C2OCCO2)CC1. The van der Waals surface area contributed by atoms with Crippen molar-refractivity contribution in [1.82, 2.24) is 9.80 Å².